The molecule has 0 N–H and O–H groups in total. The van der Waals surface area contributed by atoms with Crippen LogP contribution in [0.5, 0.6) is 0 Å². The van der Waals surface area contributed by atoms with Crippen molar-refractivity contribution < 1.29 is 14.3 Å². The summed E-state index contributed by atoms with van der Waals surface area (Å²) in [5.74, 6) is -0.763. The molecular weight excluding hydrogens is 358 g/mol. The Morgan fingerprint density at radius 3 is 2.63 bits per heavy atom. The molecule has 2 aromatic carbocycles. The molecule has 138 valence electrons. The molecule has 5 heteroatoms. The maximum atomic E-state index is 12.2. The monoisotopic (exact) mass is 379 g/mol. The second-order valence-electron chi connectivity index (χ2n) is 6.18. The second kappa shape index (κ2) is 9.24. The Bertz CT molecular complexity index is 924. The van der Waals surface area contributed by atoms with E-state index in [1.165, 1.54) is 23.0 Å². The van der Waals surface area contributed by atoms with Crippen molar-refractivity contribution in [2.24, 2.45) is 0 Å². The smallest absolute Gasteiger partial charge is 0.331 e. The molecule has 0 saturated heterocycles. The van der Waals surface area contributed by atoms with Gasteiger partial charge < -0.3 is 4.74 Å². The number of ether oxygens (including phenoxy) is 1. The molecule has 3 aromatic rings. The Morgan fingerprint density at radius 1 is 1.11 bits per heavy atom. The van der Waals surface area contributed by atoms with Crippen LogP contribution in [0, 0.1) is 0 Å². The molecule has 0 spiro atoms. The van der Waals surface area contributed by atoms with Crippen molar-refractivity contribution >= 4 is 39.4 Å². The number of aromatic nitrogens is 1. The molecule has 0 saturated carbocycles. The minimum Gasteiger partial charge on any atom is -0.454 e. The van der Waals surface area contributed by atoms with Crippen molar-refractivity contribution in [3.63, 3.8) is 0 Å². The fourth-order valence-corrected chi connectivity index (χ4v) is 3.48. The maximum Gasteiger partial charge on any atom is 0.331 e. The number of hydrogen-bond donors (Lipinski definition) is 0. The van der Waals surface area contributed by atoms with E-state index >= 15 is 0 Å². The highest BCUT2D eigenvalue weighted by atomic mass is 32.1. The lowest BCUT2D eigenvalue weighted by Gasteiger charge is -2.04. The first-order valence-corrected chi connectivity index (χ1v) is 9.80. The van der Waals surface area contributed by atoms with Crippen LogP contribution in [0.1, 0.15) is 40.7 Å². The topological polar surface area (TPSA) is 56.3 Å². The van der Waals surface area contributed by atoms with Gasteiger partial charge in [0, 0.05) is 11.6 Å². The first-order chi connectivity index (χ1) is 13.2. The normalized spacial score (nSPS) is 11.1. The first-order valence-electron chi connectivity index (χ1n) is 8.98. The van der Waals surface area contributed by atoms with Crippen LogP contribution in [0.25, 0.3) is 16.3 Å². The quantitative estimate of drug-likeness (QED) is 0.311. The number of benzene rings is 2. The summed E-state index contributed by atoms with van der Waals surface area (Å²) in [6.45, 7) is 1.88. The average molecular weight is 379 g/mol. The van der Waals surface area contributed by atoms with Gasteiger partial charge in [0.15, 0.2) is 12.4 Å². The van der Waals surface area contributed by atoms with E-state index < -0.39 is 5.97 Å². The van der Waals surface area contributed by atoms with Gasteiger partial charge in [0.25, 0.3) is 0 Å². The number of nitrogens with zero attached hydrogens (tertiary/aromatic N) is 1. The zero-order valence-electron chi connectivity index (χ0n) is 15.2. The second-order valence-corrected chi connectivity index (χ2v) is 7.25. The predicted octanol–water partition coefficient (Wildman–Crippen LogP) is 5.08. The fourth-order valence-electron chi connectivity index (χ4n) is 2.61. The summed E-state index contributed by atoms with van der Waals surface area (Å²) in [7, 11) is 0. The summed E-state index contributed by atoms with van der Waals surface area (Å²) in [4.78, 5) is 28.4. The van der Waals surface area contributed by atoms with E-state index in [0.717, 1.165) is 34.5 Å². The number of fused-ring (bicyclic) bond motifs is 1. The molecule has 0 aliphatic rings. The van der Waals surface area contributed by atoms with Crippen LogP contribution in [0.3, 0.4) is 0 Å². The highest BCUT2D eigenvalue weighted by Gasteiger charge is 2.09. The van der Waals surface area contributed by atoms with Crippen molar-refractivity contribution in [3.8, 4) is 0 Å². The zero-order chi connectivity index (χ0) is 19.1. The van der Waals surface area contributed by atoms with Gasteiger partial charge in [-0.2, -0.15) is 0 Å². The third-order valence-electron chi connectivity index (χ3n) is 4.11. The Morgan fingerprint density at radius 2 is 1.89 bits per heavy atom. The molecule has 0 radical (unpaired) electrons. The molecule has 27 heavy (non-hydrogen) atoms. The highest BCUT2D eigenvalue weighted by molar-refractivity contribution is 7.19. The summed E-state index contributed by atoms with van der Waals surface area (Å²) in [6, 6.07) is 15.3. The Kier molecular flexibility index (Phi) is 6.49. The summed E-state index contributed by atoms with van der Waals surface area (Å²) >= 11 is 1.49. The number of para-hydroxylation sites is 1. The van der Waals surface area contributed by atoms with Gasteiger partial charge in [-0.1, -0.05) is 49.7 Å². The maximum absolute atomic E-state index is 12.2. The van der Waals surface area contributed by atoms with Crippen molar-refractivity contribution in [1.82, 2.24) is 4.98 Å². The Hall–Kier alpha value is -2.79. The number of carbonyl (C=O) groups excluding carboxylic acids is 2. The molecule has 0 aliphatic heterocycles. The van der Waals surface area contributed by atoms with Crippen LogP contribution in [-0.4, -0.2) is 23.3 Å². The van der Waals surface area contributed by atoms with Gasteiger partial charge in [-0.15, -0.1) is 11.3 Å². The molecule has 0 bridgehead atoms. The van der Waals surface area contributed by atoms with E-state index in [0.29, 0.717) is 5.56 Å². The van der Waals surface area contributed by atoms with Gasteiger partial charge in [-0.3, -0.25) is 4.79 Å². The van der Waals surface area contributed by atoms with E-state index in [1.54, 1.807) is 18.2 Å². The molecule has 1 aromatic heterocycles. The standard InChI is InChI=1S/C22H21NO3S/c1-2-3-6-16-9-11-17(12-10-16)19(24)15-26-22(25)14-13-21-23-18-7-4-5-8-20(18)27-21/h4-5,7-14H,2-3,6,15H2,1H3/b14-13+. The van der Waals surface area contributed by atoms with Crippen LogP contribution >= 0.6 is 11.3 Å². The molecule has 0 unspecified atom stereocenters. The SMILES string of the molecule is CCCCc1ccc(C(=O)COC(=O)/C=C/c2nc3ccccc3s2)cc1. The lowest BCUT2D eigenvalue weighted by atomic mass is 10.0. The van der Waals surface area contributed by atoms with E-state index in [4.69, 9.17) is 4.74 Å². The Labute approximate surface area is 162 Å². The number of unbranched alkanes of at least 4 members (excludes halogenated alkanes) is 1. The molecule has 1 heterocycles. The van der Waals surface area contributed by atoms with Gasteiger partial charge in [-0.25, -0.2) is 9.78 Å². The van der Waals surface area contributed by atoms with Crippen LogP contribution < -0.4 is 0 Å². The number of thiazole rings is 1. The van der Waals surface area contributed by atoms with Crippen molar-refractivity contribution in [2.45, 2.75) is 26.2 Å². The fraction of sp³-hybridized carbons (Fsp3) is 0.227. The molecule has 0 fully saturated rings. The molecule has 0 amide bonds. The lowest BCUT2D eigenvalue weighted by Crippen LogP contribution is -2.12. The number of aryl methyl sites for hydroxylation is 1. The highest BCUT2D eigenvalue weighted by Crippen LogP contribution is 2.22. The van der Waals surface area contributed by atoms with Gasteiger partial charge in [-0.05, 0) is 36.6 Å². The summed E-state index contributed by atoms with van der Waals surface area (Å²) < 4.78 is 6.11. The van der Waals surface area contributed by atoms with Crippen LogP contribution in [0.4, 0.5) is 0 Å². The van der Waals surface area contributed by atoms with Crippen molar-refractivity contribution in [3.05, 3.63) is 70.7 Å². The van der Waals surface area contributed by atoms with Crippen LogP contribution in [0.2, 0.25) is 0 Å². The summed E-state index contributed by atoms with van der Waals surface area (Å²) in [5, 5.41) is 0.724. The minimum absolute atomic E-state index is 0.209. The number of ketones is 1. The molecule has 0 aliphatic carbocycles. The van der Waals surface area contributed by atoms with E-state index in [1.807, 2.05) is 36.4 Å². The molecule has 0 atom stereocenters. The van der Waals surface area contributed by atoms with Gasteiger partial charge >= 0.3 is 5.97 Å². The van der Waals surface area contributed by atoms with Crippen molar-refractivity contribution in [1.29, 1.82) is 0 Å². The summed E-state index contributed by atoms with van der Waals surface area (Å²) in [5.41, 5.74) is 2.66. The first kappa shape index (κ1) is 19.0. The molecular formula is C22H21NO3S. The minimum atomic E-state index is -0.554. The van der Waals surface area contributed by atoms with Gasteiger partial charge in [0.2, 0.25) is 0 Å². The zero-order valence-corrected chi connectivity index (χ0v) is 16.0. The van der Waals surface area contributed by atoms with E-state index in [-0.39, 0.29) is 12.4 Å². The summed E-state index contributed by atoms with van der Waals surface area (Å²) in [6.07, 6.45) is 6.20. The number of carbonyl (C=O) groups is 2. The van der Waals surface area contributed by atoms with Gasteiger partial charge in [0.05, 0.1) is 10.2 Å². The number of Topliss-reactive ketones (excluding diaryl/α,β-unsaturated/α-hetero) is 1. The molecule has 3 rings (SSSR count). The Balaban J connectivity index is 1.51. The third-order valence-corrected chi connectivity index (χ3v) is 5.11. The van der Waals surface area contributed by atoms with E-state index in [9.17, 15) is 9.59 Å². The van der Waals surface area contributed by atoms with Crippen molar-refractivity contribution in [2.75, 3.05) is 6.61 Å². The number of esters is 1. The van der Waals surface area contributed by atoms with Gasteiger partial charge in [0.1, 0.15) is 5.01 Å². The van der Waals surface area contributed by atoms with E-state index in [2.05, 4.69) is 11.9 Å². The van der Waals surface area contributed by atoms with Crippen LogP contribution in [-0.2, 0) is 16.0 Å². The average Bonchev–Trinajstić information content (AvgIpc) is 3.12. The third kappa shape index (κ3) is 5.34. The largest absolute Gasteiger partial charge is 0.454 e. The van der Waals surface area contributed by atoms with Crippen LogP contribution in [0.15, 0.2) is 54.6 Å². The molecule has 4 nitrogen and oxygen atoms in total. The lowest BCUT2D eigenvalue weighted by molar-refractivity contribution is -0.136. The number of hydrogen-bond acceptors (Lipinski definition) is 5. The predicted molar refractivity (Wildman–Crippen MR) is 109 cm³/mol. The number of rotatable bonds is 8.